The molecule has 19 heavy (non-hydrogen) atoms. The van der Waals surface area contributed by atoms with Crippen LogP contribution in [-0.2, 0) is 9.53 Å². The predicted molar refractivity (Wildman–Crippen MR) is 72.1 cm³/mol. The van der Waals surface area contributed by atoms with Gasteiger partial charge in [0.2, 0.25) is 0 Å². The van der Waals surface area contributed by atoms with E-state index in [1.165, 1.54) is 6.20 Å². The zero-order valence-corrected chi connectivity index (χ0v) is 11.5. The van der Waals surface area contributed by atoms with E-state index in [1.807, 2.05) is 13.0 Å². The average Bonchev–Trinajstić information content (AvgIpc) is 2.40. The minimum Gasteiger partial charge on any atom is -0.465 e. The number of aliphatic imine (C=N–C) groups is 1. The Morgan fingerprint density at radius 1 is 1.63 bits per heavy atom. The van der Waals surface area contributed by atoms with Crippen LogP contribution in [0.25, 0.3) is 0 Å². The maximum absolute atomic E-state index is 11.8. The monoisotopic (exact) mass is 279 g/mol. The lowest BCUT2D eigenvalue weighted by molar-refractivity contribution is -0.143. The normalized spacial score (nSPS) is 12.6. The molecule has 1 atom stereocenters. The Bertz CT molecular complexity index is 523. The molecule has 100 valence electrons. The van der Waals surface area contributed by atoms with Gasteiger partial charge in [-0.2, -0.15) is 5.26 Å². The minimum absolute atomic E-state index is 0.206. The number of halogens is 1. The number of ether oxygens (including phenoxy) is 1. The summed E-state index contributed by atoms with van der Waals surface area (Å²) < 4.78 is 4.88. The SMILES string of the molecule is CCN=C(c1cccnc1Cl)C(C#N)C(=O)OCC. The number of pyridine rings is 1. The maximum Gasteiger partial charge on any atom is 0.329 e. The quantitative estimate of drug-likeness (QED) is 0.471. The maximum atomic E-state index is 11.8. The third kappa shape index (κ3) is 3.76. The van der Waals surface area contributed by atoms with Crippen molar-refractivity contribution in [3.8, 4) is 6.07 Å². The lowest BCUT2D eigenvalue weighted by Gasteiger charge is -2.12. The van der Waals surface area contributed by atoms with Crippen LogP contribution in [0.4, 0.5) is 0 Å². The summed E-state index contributed by atoms with van der Waals surface area (Å²) in [5, 5.41) is 9.38. The Labute approximate surface area is 116 Å². The van der Waals surface area contributed by atoms with Crippen molar-refractivity contribution in [1.82, 2.24) is 4.98 Å². The first-order chi connectivity index (χ1) is 9.15. The van der Waals surface area contributed by atoms with E-state index in [9.17, 15) is 10.1 Å². The lowest BCUT2D eigenvalue weighted by atomic mass is 9.99. The van der Waals surface area contributed by atoms with Gasteiger partial charge >= 0.3 is 5.97 Å². The third-order valence-electron chi connectivity index (χ3n) is 2.29. The molecule has 0 saturated carbocycles. The van der Waals surface area contributed by atoms with Crippen LogP contribution >= 0.6 is 11.6 Å². The molecule has 1 heterocycles. The van der Waals surface area contributed by atoms with Crippen LogP contribution in [0.15, 0.2) is 23.3 Å². The second-order valence-corrected chi connectivity index (χ2v) is 3.87. The van der Waals surface area contributed by atoms with Crippen molar-refractivity contribution in [1.29, 1.82) is 5.26 Å². The molecule has 1 rings (SSSR count). The van der Waals surface area contributed by atoms with Gasteiger partial charge in [-0.15, -0.1) is 0 Å². The lowest BCUT2D eigenvalue weighted by Crippen LogP contribution is -2.26. The molecule has 0 aliphatic rings. The van der Waals surface area contributed by atoms with Crippen molar-refractivity contribution < 1.29 is 9.53 Å². The average molecular weight is 280 g/mol. The smallest absolute Gasteiger partial charge is 0.329 e. The third-order valence-corrected chi connectivity index (χ3v) is 2.59. The highest BCUT2D eigenvalue weighted by molar-refractivity contribution is 6.34. The molecule has 5 nitrogen and oxygen atoms in total. The van der Waals surface area contributed by atoms with Gasteiger partial charge in [0, 0.05) is 18.3 Å². The molecule has 1 aromatic heterocycles. The highest BCUT2D eigenvalue weighted by Crippen LogP contribution is 2.18. The van der Waals surface area contributed by atoms with Crippen LogP contribution in [0.5, 0.6) is 0 Å². The summed E-state index contributed by atoms with van der Waals surface area (Å²) in [5.74, 6) is -1.72. The number of nitrogens with zero attached hydrogens (tertiary/aromatic N) is 3. The summed E-state index contributed by atoms with van der Waals surface area (Å²) in [6, 6.07) is 5.25. The number of nitriles is 1. The summed E-state index contributed by atoms with van der Waals surface area (Å²) in [5.41, 5.74) is 0.771. The molecule has 0 aliphatic heterocycles. The molecular formula is C13H14ClN3O2. The first-order valence-corrected chi connectivity index (χ1v) is 6.24. The number of aromatic nitrogens is 1. The molecular weight excluding hydrogens is 266 g/mol. The Hall–Kier alpha value is -1.93. The van der Waals surface area contributed by atoms with Crippen LogP contribution in [-0.4, -0.2) is 29.8 Å². The highest BCUT2D eigenvalue weighted by Gasteiger charge is 2.28. The van der Waals surface area contributed by atoms with E-state index < -0.39 is 11.9 Å². The summed E-state index contributed by atoms with van der Waals surface area (Å²) in [6.45, 7) is 4.12. The largest absolute Gasteiger partial charge is 0.465 e. The van der Waals surface area contributed by atoms with Gasteiger partial charge in [-0.3, -0.25) is 9.79 Å². The van der Waals surface area contributed by atoms with Gasteiger partial charge in [-0.1, -0.05) is 11.6 Å². The molecule has 0 radical (unpaired) electrons. The molecule has 0 bridgehead atoms. The van der Waals surface area contributed by atoms with Crippen LogP contribution in [0, 0.1) is 17.2 Å². The van der Waals surface area contributed by atoms with Gasteiger partial charge in [0.05, 0.1) is 18.4 Å². The molecule has 1 unspecified atom stereocenters. The van der Waals surface area contributed by atoms with Gasteiger partial charge in [-0.05, 0) is 26.0 Å². The fourth-order valence-corrected chi connectivity index (χ4v) is 1.75. The molecule has 0 aromatic carbocycles. The van der Waals surface area contributed by atoms with Gasteiger partial charge < -0.3 is 4.74 Å². The van der Waals surface area contributed by atoms with E-state index in [0.29, 0.717) is 17.8 Å². The van der Waals surface area contributed by atoms with Crippen molar-refractivity contribution in [3.05, 3.63) is 29.0 Å². The number of esters is 1. The zero-order valence-electron chi connectivity index (χ0n) is 10.8. The van der Waals surface area contributed by atoms with E-state index >= 15 is 0 Å². The minimum atomic E-state index is -1.10. The van der Waals surface area contributed by atoms with Crippen LogP contribution in [0.1, 0.15) is 19.4 Å². The number of carbonyl (C=O) groups excluding carboxylic acids is 1. The van der Waals surface area contributed by atoms with E-state index in [0.717, 1.165) is 0 Å². The second-order valence-electron chi connectivity index (χ2n) is 3.52. The number of rotatable bonds is 5. The molecule has 0 spiro atoms. The fourth-order valence-electron chi connectivity index (χ4n) is 1.53. The van der Waals surface area contributed by atoms with E-state index in [1.54, 1.807) is 19.1 Å². The Morgan fingerprint density at radius 2 is 2.37 bits per heavy atom. The molecule has 0 aliphatic carbocycles. The topological polar surface area (TPSA) is 75.3 Å². The molecule has 0 fully saturated rings. The first kappa shape index (κ1) is 15.1. The van der Waals surface area contributed by atoms with Gasteiger partial charge in [0.25, 0.3) is 0 Å². The van der Waals surface area contributed by atoms with Crippen molar-refractivity contribution in [2.75, 3.05) is 13.2 Å². The van der Waals surface area contributed by atoms with Gasteiger partial charge in [-0.25, -0.2) is 4.98 Å². The summed E-state index contributed by atoms with van der Waals surface area (Å²) in [4.78, 5) is 19.9. The van der Waals surface area contributed by atoms with E-state index in [2.05, 4.69) is 9.98 Å². The summed E-state index contributed by atoms with van der Waals surface area (Å²) >= 11 is 5.98. The van der Waals surface area contributed by atoms with Crippen LogP contribution < -0.4 is 0 Å². The Morgan fingerprint density at radius 3 is 2.89 bits per heavy atom. The van der Waals surface area contributed by atoms with Crippen molar-refractivity contribution in [3.63, 3.8) is 0 Å². The highest BCUT2D eigenvalue weighted by atomic mass is 35.5. The molecule has 0 N–H and O–H groups in total. The molecule has 0 saturated heterocycles. The Kier molecular flexibility index (Phi) is 5.97. The first-order valence-electron chi connectivity index (χ1n) is 5.87. The summed E-state index contributed by atoms with van der Waals surface area (Å²) in [7, 11) is 0. The van der Waals surface area contributed by atoms with Crippen molar-refractivity contribution >= 4 is 23.3 Å². The van der Waals surface area contributed by atoms with E-state index in [-0.39, 0.29) is 11.8 Å². The van der Waals surface area contributed by atoms with Crippen LogP contribution in [0.2, 0.25) is 5.15 Å². The Balaban J connectivity index is 3.22. The number of carbonyl (C=O) groups is 1. The van der Waals surface area contributed by atoms with Crippen LogP contribution in [0.3, 0.4) is 0 Å². The predicted octanol–water partition coefficient (Wildman–Crippen LogP) is 2.25. The molecule has 6 heteroatoms. The number of hydrogen-bond donors (Lipinski definition) is 0. The summed E-state index contributed by atoms with van der Waals surface area (Å²) in [6.07, 6.45) is 1.53. The van der Waals surface area contributed by atoms with E-state index in [4.69, 9.17) is 16.3 Å². The molecule has 1 aromatic rings. The van der Waals surface area contributed by atoms with Crippen molar-refractivity contribution in [2.45, 2.75) is 13.8 Å². The van der Waals surface area contributed by atoms with Gasteiger partial charge in [0.1, 0.15) is 5.15 Å². The standard InChI is InChI=1S/C13H14ClN3O2/c1-3-16-11(9-6-5-7-17-12(9)14)10(8-15)13(18)19-4-2/h5-7,10H,3-4H2,1-2H3. The molecule has 0 amide bonds. The second kappa shape index (κ2) is 7.49. The zero-order chi connectivity index (χ0) is 14.3. The number of hydrogen-bond acceptors (Lipinski definition) is 5. The fraction of sp³-hybridized carbons (Fsp3) is 0.385. The van der Waals surface area contributed by atoms with Gasteiger partial charge in [0.15, 0.2) is 5.92 Å². The van der Waals surface area contributed by atoms with Crippen molar-refractivity contribution in [2.24, 2.45) is 10.9 Å².